The minimum Gasteiger partial charge on any atom is -0.467 e. The Morgan fingerprint density at radius 2 is 1.83 bits per heavy atom. The van der Waals surface area contributed by atoms with E-state index in [0.29, 0.717) is 11.3 Å². The monoisotopic (exact) mass is 387 g/mol. The third-order valence-corrected chi connectivity index (χ3v) is 4.71. The molecule has 3 aromatic carbocycles. The number of amides is 1. The number of fused-ring (bicyclic) bond motifs is 1. The summed E-state index contributed by atoms with van der Waals surface area (Å²) in [6.07, 6.45) is 1.49. The van der Waals surface area contributed by atoms with Crippen LogP contribution in [-0.2, 0) is 6.54 Å². The van der Waals surface area contributed by atoms with Gasteiger partial charge < -0.3 is 15.5 Å². The Hall–Kier alpha value is -3.93. The number of rotatable bonds is 5. The van der Waals surface area contributed by atoms with Crippen molar-refractivity contribution in [3.05, 3.63) is 101 Å². The van der Waals surface area contributed by atoms with Crippen molar-refractivity contribution in [3.63, 3.8) is 0 Å². The standard InChI is InChI=1S/C23H18FN3O2/c24-21-18(23(28)27-13-17-6-3-11-29-17)9-10-19(25)20(21)22(26)16-8-7-14-4-1-2-5-15(14)12-16/h1-12,26H,13,25H2,(H,27,28). The summed E-state index contributed by atoms with van der Waals surface area (Å²) >= 11 is 0. The maximum absolute atomic E-state index is 15.2. The Morgan fingerprint density at radius 1 is 1.03 bits per heavy atom. The van der Waals surface area contributed by atoms with E-state index in [4.69, 9.17) is 15.6 Å². The topological polar surface area (TPSA) is 92.1 Å². The fourth-order valence-corrected chi connectivity index (χ4v) is 3.19. The number of anilines is 1. The highest BCUT2D eigenvalue weighted by Crippen LogP contribution is 2.25. The van der Waals surface area contributed by atoms with Crippen molar-refractivity contribution in [2.75, 3.05) is 5.73 Å². The normalized spacial score (nSPS) is 10.8. The quantitative estimate of drug-likeness (QED) is 0.348. The second-order valence-corrected chi connectivity index (χ2v) is 6.59. The smallest absolute Gasteiger partial charge is 0.254 e. The second kappa shape index (κ2) is 7.59. The Kier molecular flexibility index (Phi) is 4.83. The first kappa shape index (κ1) is 18.4. The molecule has 4 N–H and O–H groups in total. The zero-order valence-corrected chi connectivity index (χ0v) is 15.4. The van der Waals surface area contributed by atoms with Gasteiger partial charge in [-0.1, -0.05) is 36.4 Å². The van der Waals surface area contributed by atoms with Crippen LogP contribution in [0, 0.1) is 11.2 Å². The summed E-state index contributed by atoms with van der Waals surface area (Å²) in [6.45, 7) is 0.132. The van der Waals surface area contributed by atoms with E-state index >= 15 is 4.39 Å². The molecule has 1 heterocycles. The highest BCUT2D eigenvalue weighted by atomic mass is 19.1. The molecule has 0 saturated carbocycles. The van der Waals surface area contributed by atoms with Crippen LogP contribution in [0.25, 0.3) is 10.8 Å². The van der Waals surface area contributed by atoms with Gasteiger partial charge in [0.05, 0.1) is 29.6 Å². The van der Waals surface area contributed by atoms with Crippen molar-refractivity contribution in [2.24, 2.45) is 0 Å². The fraction of sp³-hybridized carbons (Fsp3) is 0.0435. The number of hydrogen-bond donors (Lipinski definition) is 3. The molecule has 4 rings (SSSR count). The van der Waals surface area contributed by atoms with Crippen LogP contribution in [-0.4, -0.2) is 11.6 Å². The van der Waals surface area contributed by atoms with Gasteiger partial charge in [-0.05, 0) is 41.1 Å². The third kappa shape index (κ3) is 3.60. The van der Waals surface area contributed by atoms with Crippen LogP contribution in [0.5, 0.6) is 0 Å². The molecule has 4 aromatic rings. The molecule has 5 nitrogen and oxygen atoms in total. The van der Waals surface area contributed by atoms with E-state index in [9.17, 15) is 4.79 Å². The minimum absolute atomic E-state index is 0.0774. The zero-order chi connectivity index (χ0) is 20.4. The molecule has 0 fully saturated rings. The SMILES string of the molecule is N=C(c1ccc2ccccc2c1)c1c(N)ccc(C(=O)NCc2ccco2)c1F. The molecule has 0 saturated heterocycles. The Bertz CT molecular complexity index is 1220. The minimum atomic E-state index is -0.819. The maximum Gasteiger partial charge on any atom is 0.254 e. The summed E-state index contributed by atoms with van der Waals surface area (Å²) in [7, 11) is 0. The lowest BCUT2D eigenvalue weighted by Crippen LogP contribution is -2.25. The first-order chi connectivity index (χ1) is 14.0. The van der Waals surface area contributed by atoms with E-state index in [1.54, 1.807) is 24.3 Å². The van der Waals surface area contributed by atoms with Gasteiger partial charge in [0.25, 0.3) is 5.91 Å². The van der Waals surface area contributed by atoms with Gasteiger partial charge in [0.2, 0.25) is 0 Å². The molecule has 0 aliphatic heterocycles. The Balaban J connectivity index is 1.66. The van der Waals surface area contributed by atoms with Crippen molar-refractivity contribution in [3.8, 4) is 0 Å². The number of nitrogen functional groups attached to an aromatic ring is 1. The van der Waals surface area contributed by atoms with Gasteiger partial charge in [-0.25, -0.2) is 4.39 Å². The molecule has 29 heavy (non-hydrogen) atoms. The van der Waals surface area contributed by atoms with Crippen LogP contribution < -0.4 is 11.1 Å². The van der Waals surface area contributed by atoms with Crippen LogP contribution >= 0.6 is 0 Å². The summed E-state index contributed by atoms with van der Waals surface area (Å²) in [5, 5.41) is 13.1. The van der Waals surface area contributed by atoms with Gasteiger partial charge in [-0.15, -0.1) is 0 Å². The van der Waals surface area contributed by atoms with Crippen molar-refractivity contribution < 1.29 is 13.6 Å². The number of furan rings is 1. The predicted octanol–water partition coefficient (Wildman–Crippen LogP) is 4.50. The average molecular weight is 387 g/mol. The van der Waals surface area contributed by atoms with Crippen molar-refractivity contribution in [2.45, 2.75) is 6.54 Å². The van der Waals surface area contributed by atoms with Crippen LogP contribution in [0.2, 0.25) is 0 Å². The van der Waals surface area contributed by atoms with Gasteiger partial charge in [-0.3, -0.25) is 10.2 Å². The third-order valence-electron chi connectivity index (χ3n) is 4.71. The molecule has 6 heteroatoms. The number of benzene rings is 3. The molecule has 0 unspecified atom stereocenters. The van der Waals surface area contributed by atoms with E-state index in [2.05, 4.69) is 5.32 Å². The molecule has 1 aromatic heterocycles. The van der Waals surface area contributed by atoms with Crippen LogP contribution in [0.3, 0.4) is 0 Å². The summed E-state index contributed by atoms with van der Waals surface area (Å²) in [5.74, 6) is -0.870. The summed E-state index contributed by atoms with van der Waals surface area (Å²) in [5.41, 5.74) is 6.24. The Morgan fingerprint density at radius 3 is 2.59 bits per heavy atom. The van der Waals surface area contributed by atoms with Gasteiger partial charge in [0.1, 0.15) is 11.6 Å². The number of nitrogens with two attached hydrogens (primary N) is 1. The second-order valence-electron chi connectivity index (χ2n) is 6.59. The first-order valence-electron chi connectivity index (χ1n) is 9.01. The number of hydrogen-bond acceptors (Lipinski definition) is 4. The lowest BCUT2D eigenvalue weighted by atomic mass is 9.96. The molecular weight excluding hydrogens is 369 g/mol. The molecule has 144 valence electrons. The maximum atomic E-state index is 15.2. The molecule has 0 atom stereocenters. The first-order valence-corrected chi connectivity index (χ1v) is 9.01. The summed E-state index contributed by atoms with van der Waals surface area (Å²) in [4.78, 5) is 12.5. The molecular formula is C23H18FN3O2. The van der Waals surface area contributed by atoms with Crippen LogP contribution in [0.4, 0.5) is 10.1 Å². The van der Waals surface area contributed by atoms with Crippen molar-refractivity contribution in [1.82, 2.24) is 5.32 Å². The highest BCUT2D eigenvalue weighted by molar-refractivity contribution is 6.16. The van der Waals surface area contributed by atoms with Crippen molar-refractivity contribution >= 4 is 28.1 Å². The van der Waals surface area contributed by atoms with E-state index in [1.165, 1.54) is 18.4 Å². The number of nitrogens with one attached hydrogen (secondary N) is 2. The molecule has 0 bridgehead atoms. The molecule has 1 amide bonds. The molecule has 0 aliphatic rings. The van der Waals surface area contributed by atoms with E-state index in [1.807, 2.05) is 30.3 Å². The average Bonchev–Trinajstić information content (AvgIpc) is 3.25. The largest absolute Gasteiger partial charge is 0.467 e. The lowest BCUT2D eigenvalue weighted by molar-refractivity contribution is 0.0944. The van der Waals surface area contributed by atoms with E-state index in [-0.39, 0.29) is 29.1 Å². The van der Waals surface area contributed by atoms with Crippen LogP contribution in [0.1, 0.15) is 27.2 Å². The van der Waals surface area contributed by atoms with E-state index in [0.717, 1.165) is 10.8 Å². The zero-order valence-electron chi connectivity index (χ0n) is 15.4. The molecule has 0 aliphatic carbocycles. The van der Waals surface area contributed by atoms with Crippen molar-refractivity contribution in [1.29, 1.82) is 5.41 Å². The number of halogens is 1. The molecule has 0 spiro atoms. The summed E-state index contributed by atoms with van der Waals surface area (Å²) in [6, 6.07) is 19.3. The molecule has 0 radical (unpaired) electrons. The number of carbonyl (C=O) groups excluding carboxylic acids is 1. The van der Waals surface area contributed by atoms with Gasteiger partial charge in [-0.2, -0.15) is 0 Å². The Labute approximate surface area is 166 Å². The lowest BCUT2D eigenvalue weighted by Gasteiger charge is -2.13. The van der Waals surface area contributed by atoms with Crippen LogP contribution in [0.15, 0.2) is 77.4 Å². The predicted molar refractivity (Wildman–Crippen MR) is 111 cm³/mol. The summed E-state index contributed by atoms with van der Waals surface area (Å²) < 4.78 is 20.4. The van der Waals surface area contributed by atoms with Gasteiger partial charge >= 0.3 is 0 Å². The fourth-order valence-electron chi connectivity index (χ4n) is 3.19. The van der Waals surface area contributed by atoms with Gasteiger partial charge in [0.15, 0.2) is 0 Å². The highest BCUT2D eigenvalue weighted by Gasteiger charge is 2.21. The van der Waals surface area contributed by atoms with Gasteiger partial charge in [0, 0.05) is 11.3 Å². The number of carbonyl (C=O) groups is 1. The van der Waals surface area contributed by atoms with E-state index < -0.39 is 11.7 Å².